The number of nitrogens with zero attached hydrogens (tertiary/aromatic N) is 1. The van der Waals surface area contributed by atoms with Crippen LogP contribution in [-0.4, -0.2) is 44.6 Å². The first-order chi connectivity index (χ1) is 5.92. The van der Waals surface area contributed by atoms with Crippen molar-refractivity contribution in [3.8, 4) is 0 Å². The minimum Gasteiger partial charge on any atom is -0.393 e. The summed E-state index contributed by atoms with van der Waals surface area (Å²) in [7, 11) is -0.317. The quantitative estimate of drug-likeness (QED) is 0.632. The standard InChI is InChI=1S/C7H16N2O3S/c1-9(2)13(11,12)8-5-6-3-7(10)4-6/h6-8,10H,3-5H2,1-2H3. The van der Waals surface area contributed by atoms with Crippen molar-refractivity contribution in [2.45, 2.75) is 18.9 Å². The van der Waals surface area contributed by atoms with Crippen LogP contribution in [0.2, 0.25) is 0 Å². The third-order valence-electron chi connectivity index (χ3n) is 2.25. The number of hydrogen-bond acceptors (Lipinski definition) is 3. The first-order valence-electron chi connectivity index (χ1n) is 4.27. The van der Waals surface area contributed by atoms with Gasteiger partial charge in [0.1, 0.15) is 0 Å². The molecule has 0 heterocycles. The summed E-state index contributed by atoms with van der Waals surface area (Å²) >= 11 is 0. The molecule has 0 atom stereocenters. The van der Waals surface area contributed by atoms with Crippen LogP contribution in [0.3, 0.4) is 0 Å². The summed E-state index contributed by atoms with van der Waals surface area (Å²) in [6, 6.07) is 0. The molecule has 0 aromatic heterocycles. The molecule has 0 radical (unpaired) electrons. The van der Waals surface area contributed by atoms with Crippen LogP contribution in [0.15, 0.2) is 0 Å². The van der Waals surface area contributed by atoms with E-state index in [1.54, 1.807) is 0 Å². The number of nitrogens with one attached hydrogen (secondary N) is 1. The lowest BCUT2D eigenvalue weighted by molar-refractivity contribution is 0.0452. The molecule has 6 heteroatoms. The number of aliphatic hydroxyl groups is 1. The third-order valence-corrected chi connectivity index (χ3v) is 3.74. The first-order valence-corrected chi connectivity index (χ1v) is 5.71. The molecule has 0 saturated heterocycles. The van der Waals surface area contributed by atoms with Crippen LogP contribution < -0.4 is 4.72 Å². The van der Waals surface area contributed by atoms with Gasteiger partial charge in [0.25, 0.3) is 10.2 Å². The third kappa shape index (κ3) is 2.91. The Bertz CT molecular complexity index is 257. The predicted molar refractivity (Wildman–Crippen MR) is 49.3 cm³/mol. The van der Waals surface area contributed by atoms with Gasteiger partial charge in [-0.1, -0.05) is 0 Å². The SMILES string of the molecule is CN(C)S(=O)(=O)NCC1CC(O)C1. The Morgan fingerprint density at radius 3 is 2.38 bits per heavy atom. The first kappa shape index (κ1) is 10.9. The topological polar surface area (TPSA) is 69.6 Å². The van der Waals surface area contributed by atoms with E-state index in [2.05, 4.69) is 4.72 Å². The molecule has 1 saturated carbocycles. The fourth-order valence-corrected chi connectivity index (χ4v) is 1.92. The van der Waals surface area contributed by atoms with E-state index >= 15 is 0 Å². The zero-order valence-electron chi connectivity index (χ0n) is 7.90. The monoisotopic (exact) mass is 208 g/mol. The Kier molecular flexibility index (Phi) is 3.28. The van der Waals surface area contributed by atoms with Crippen molar-refractivity contribution in [2.24, 2.45) is 5.92 Å². The zero-order valence-corrected chi connectivity index (χ0v) is 8.71. The van der Waals surface area contributed by atoms with Gasteiger partial charge in [-0.15, -0.1) is 0 Å². The number of hydrogen-bond donors (Lipinski definition) is 2. The van der Waals surface area contributed by atoms with Crippen molar-refractivity contribution in [3.63, 3.8) is 0 Å². The maximum absolute atomic E-state index is 11.2. The van der Waals surface area contributed by atoms with Gasteiger partial charge in [0.2, 0.25) is 0 Å². The Labute approximate surface area is 78.9 Å². The van der Waals surface area contributed by atoms with E-state index in [0.717, 1.165) is 4.31 Å². The highest BCUT2D eigenvalue weighted by atomic mass is 32.2. The van der Waals surface area contributed by atoms with E-state index < -0.39 is 10.2 Å². The summed E-state index contributed by atoms with van der Waals surface area (Å²) in [6.07, 6.45) is 1.18. The van der Waals surface area contributed by atoms with Crippen molar-refractivity contribution >= 4 is 10.2 Å². The molecule has 0 aromatic rings. The van der Waals surface area contributed by atoms with Crippen LogP contribution in [0.4, 0.5) is 0 Å². The molecule has 13 heavy (non-hydrogen) atoms. The molecule has 0 spiro atoms. The summed E-state index contributed by atoms with van der Waals surface area (Å²) in [4.78, 5) is 0. The highest BCUT2D eigenvalue weighted by Crippen LogP contribution is 2.26. The summed E-state index contributed by atoms with van der Waals surface area (Å²) in [5, 5.41) is 8.97. The molecular weight excluding hydrogens is 192 g/mol. The predicted octanol–water partition coefficient (Wildman–Crippen LogP) is -0.847. The molecular formula is C7H16N2O3S. The van der Waals surface area contributed by atoms with Crippen LogP contribution in [-0.2, 0) is 10.2 Å². The molecule has 1 aliphatic carbocycles. The Balaban J connectivity index is 2.27. The van der Waals surface area contributed by atoms with E-state index in [1.807, 2.05) is 0 Å². The number of aliphatic hydroxyl groups excluding tert-OH is 1. The molecule has 0 aromatic carbocycles. The molecule has 5 nitrogen and oxygen atoms in total. The van der Waals surface area contributed by atoms with Gasteiger partial charge in [-0.2, -0.15) is 12.7 Å². The van der Waals surface area contributed by atoms with E-state index in [0.29, 0.717) is 25.3 Å². The van der Waals surface area contributed by atoms with Gasteiger partial charge in [0, 0.05) is 20.6 Å². The van der Waals surface area contributed by atoms with Crippen molar-refractivity contribution in [2.75, 3.05) is 20.6 Å². The lowest BCUT2D eigenvalue weighted by Gasteiger charge is -2.31. The molecule has 1 rings (SSSR count). The minimum absolute atomic E-state index is 0.228. The second-order valence-electron chi connectivity index (χ2n) is 3.63. The Morgan fingerprint density at radius 1 is 1.46 bits per heavy atom. The fraction of sp³-hybridized carbons (Fsp3) is 1.00. The van der Waals surface area contributed by atoms with Gasteiger partial charge in [-0.25, -0.2) is 4.72 Å². The molecule has 78 valence electrons. The highest BCUT2D eigenvalue weighted by Gasteiger charge is 2.28. The largest absolute Gasteiger partial charge is 0.393 e. The van der Waals surface area contributed by atoms with Gasteiger partial charge < -0.3 is 5.11 Å². The van der Waals surface area contributed by atoms with Gasteiger partial charge in [0.05, 0.1) is 6.10 Å². The van der Waals surface area contributed by atoms with Gasteiger partial charge >= 0.3 is 0 Å². The summed E-state index contributed by atoms with van der Waals surface area (Å²) < 4.78 is 26.0. The van der Waals surface area contributed by atoms with E-state index in [4.69, 9.17) is 5.11 Å². The van der Waals surface area contributed by atoms with Gasteiger partial charge in [-0.3, -0.25) is 0 Å². The van der Waals surface area contributed by atoms with Crippen LogP contribution >= 0.6 is 0 Å². The Morgan fingerprint density at radius 2 is 2.00 bits per heavy atom. The maximum Gasteiger partial charge on any atom is 0.278 e. The lowest BCUT2D eigenvalue weighted by Crippen LogP contribution is -2.42. The lowest BCUT2D eigenvalue weighted by atomic mass is 9.83. The summed E-state index contributed by atoms with van der Waals surface area (Å²) in [5.74, 6) is 0.296. The molecule has 0 unspecified atom stereocenters. The smallest absolute Gasteiger partial charge is 0.278 e. The second-order valence-corrected chi connectivity index (χ2v) is 5.60. The van der Waals surface area contributed by atoms with Crippen molar-refractivity contribution in [1.82, 2.24) is 9.03 Å². The van der Waals surface area contributed by atoms with E-state index in [-0.39, 0.29) is 6.10 Å². The molecule has 1 aliphatic rings. The average molecular weight is 208 g/mol. The second kappa shape index (κ2) is 3.91. The minimum atomic E-state index is -3.29. The van der Waals surface area contributed by atoms with Gasteiger partial charge in [-0.05, 0) is 18.8 Å². The van der Waals surface area contributed by atoms with E-state index in [9.17, 15) is 8.42 Å². The maximum atomic E-state index is 11.2. The number of rotatable bonds is 4. The van der Waals surface area contributed by atoms with Crippen LogP contribution in [0.1, 0.15) is 12.8 Å². The summed E-state index contributed by atoms with van der Waals surface area (Å²) in [5.41, 5.74) is 0. The van der Waals surface area contributed by atoms with Gasteiger partial charge in [0.15, 0.2) is 0 Å². The van der Waals surface area contributed by atoms with E-state index in [1.165, 1.54) is 14.1 Å². The molecule has 1 fully saturated rings. The van der Waals surface area contributed by atoms with Crippen molar-refractivity contribution < 1.29 is 13.5 Å². The van der Waals surface area contributed by atoms with Crippen LogP contribution in [0.5, 0.6) is 0 Å². The van der Waals surface area contributed by atoms with Crippen molar-refractivity contribution in [3.05, 3.63) is 0 Å². The molecule has 0 aliphatic heterocycles. The van der Waals surface area contributed by atoms with Crippen molar-refractivity contribution in [1.29, 1.82) is 0 Å². The van der Waals surface area contributed by atoms with Crippen LogP contribution in [0, 0.1) is 5.92 Å². The molecule has 0 bridgehead atoms. The molecule has 2 N–H and O–H groups in total. The fourth-order valence-electron chi connectivity index (χ4n) is 1.22. The Hall–Kier alpha value is -0.170. The average Bonchev–Trinajstić information content (AvgIpc) is 1.95. The summed E-state index contributed by atoms with van der Waals surface area (Å²) in [6.45, 7) is 0.428. The van der Waals surface area contributed by atoms with Crippen LogP contribution in [0.25, 0.3) is 0 Å². The normalized spacial score (nSPS) is 28.9. The molecule has 0 amide bonds. The highest BCUT2D eigenvalue weighted by molar-refractivity contribution is 7.87. The zero-order chi connectivity index (χ0) is 10.1.